The molecule has 0 fully saturated rings. The van der Waals surface area contributed by atoms with E-state index in [1.54, 1.807) is 6.08 Å². The molecule has 0 heterocycles. The first-order chi connectivity index (χ1) is 33.5. The van der Waals surface area contributed by atoms with Gasteiger partial charge in [-0.3, -0.25) is 9.36 Å². The van der Waals surface area contributed by atoms with E-state index in [0.29, 0.717) is 17.4 Å². The van der Waals surface area contributed by atoms with Crippen LogP contribution in [-0.2, 0) is 18.4 Å². The summed E-state index contributed by atoms with van der Waals surface area (Å²) in [5.41, 5.74) is 0. The lowest BCUT2D eigenvalue weighted by molar-refractivity contribution is -0.870. The molecule has 3 atom stereocenters. The second kappa shape index (κ2) is 51.9. The number of nitrogens with zero attached hydrogens (tertiary/aromatic N) is 1. The topological polar surface area (TPSA) is 108 Å². The molecule has 0 radical (unpaired) electrons. The number of allylic oxidation sites excluding steroid dienone is 3. The third-order valence-corrected chi connectivity index (χ3v) is 14.9. The Morgan fingerprint density at radius 1 is 0.493 bits per heavy atom. The van der Waals surface area contributed by atoms with Gasteiger partial charge in [0.1, 0.15) is 13.2 Å². The largest absolute Gasteiger partial charge is 0.756 e. The molecule has 0 saturated heterocycles. The van der Waals surface area contributed by atoms with Crippen LogP contribution in [0.25, 0.3) is 0 Å². The number of hydrogen-bond acceptors (Lipinski definition) is 6. The van der Waals surface area contributed by atoms with Gasteiger partial charge in [0.25, 0.3) is 7.82 Å². The van der Waals surface area contributed by atoms with Crippen LogP contribution in [0.5, 0.6) is 0 Å². The number of carbonyl (C=O) groups is 1. The summed E-state index contributed by atoms with van der Waals surface area (Å²) in [6.45, 7) is 4.69. The zero-order valence-electron chi connectivity index (χ0n) is 46.8. The Morgan fingerprint density at radius 3 is 1.13 bits per heavy atom. The molecular formula is C60H119N2O6P. The second-order valence-corrected chi connectivity index (χ2v) is 23.5. The van der Waals surface area contributed by atoms with Crippen LogP contribution in [0, 0.1) is 0 Å². The van der Waals surface area contributed by atoms with Crippen LogP contribution in [0.2, 0.25) is 0 Å². The Hall–Kier alpha value is -1.02. The van der Waals surface area contributed by atoms with Crippen LogP contribution in [0.4, 0.5) is 0 Å². The Balaban J connectivity index is 4.05. The van der Waals surface area contributed by atoms with Crippen LogP contribution >= 0.6 is 7.82 Å². The van der Waals surface area contributed by atoms with Gasteiger partial charge in [-0.2, -0.15) is 0 Å². The first-order valence-electron chi connectivity index (χ1n) is 30.2. The summed E-state index contributed by atoms with van der Waals surface area (Å²) in [7, 11) is 1.27. The summed E-state index contributed by atoms with van der Waals surface area (Å²) in [6, 6.07) is -0.884. The monoisotopic (exact) mass is 995 g/mol. The van der Waals surface area contributed by atoms with E-state index in [2.05, 4.69) is 31.3 Å². The third kappa shape index (κ3) is 54.6. The first-order valence-corrected chi connectivity index (χ1v) is 31.7. The normalized spacial score (nSPS) is 14.0. The van der Waals surface area contributed by atoms with Gasteiger partial charge in [-0.25, -0.2) is 0 Å². The second-order valence-electron chi connectivity index (χ2n) is 22.1. The van der Waals surface area contributed by atoms with Crippen molar-refractivity contribution in [1.29, 1.82) is 0 Å². The van der Waals surface area contributed by atoms with E-state index in [1.165, 1.54) is 244 Å². The molecule has 0 aliphatic heterocycles. The SMILES string of the molecule is CCCCCCCCCCCCCC/C=C\CCCCCCCCCCCCCCCCCC(=O)NC(COP(=O)([O-])OCC[N+](C)(C)C)C(O)/C=C/CCCCCCCCCCCCCCCC. The fourth-order valence-corrected chi connectivity index (χ4v) is 9.87. The van der Waals surface area contributed by atoms with Crippen LogP contribution in [0.1, 0.15) is 303 Å². The number of aliphatic hydroxyl groups is 1. The Kier molecular flexibility index (Phi) is 51.1. The van der Waals surface area contributed by atoms with Crippen molar-refractivity contribution in [3.63, 3.8) is 0 Å². The van der Waals surface area contributed by atoms with Crippen molar-refractivity contribution in [2.75, 3.05) is 40.9 Å². The van der Waals surface area contributed by atoms with Crippen LogP contribution in [0.15, 0.2) is 24.3 Å². The minimum absolute atomic E-state index is 0.00121. The molecule has 0 bridgehead atoms. The number of phosphoric acid groups is 1. The zero-order valence-corrected chi connectivity index (χ0v) is 47.7. The molecule has 2 N–H and O–H groups in total. The molecule has 0 aliphatic carbocycles. The van der Waals surface area contributed by atoms with Crippen molar-refractivity contribution in [2.24, 2.45) is 0 Å². The summed E-state index contributed by atoms with van der Waals surface area (Å²) < 4.78 is 23.3. The maximum absolute atomic E-state index is 13.0. The quantitative estimate of drug-likeness (QED) is 0.0272. The standard InChI is InChI=1S/C60H119N2O6P/c1-6-8-10-12-14-16-18-20-22-24-25-26-27-28-29-30-31-32-33-34-35-36-37-38-40-42-44-46-48-50-52-54-60(64)61-58(57-68-69(65,66)67-56-55-62(3,4)5)59(63)53-51-49-47-45-43-41-39-23-21-19-17-15-13-11-9-7-2/h28-29,51,53,58-59,63H,6-27,30-50,52,54-57H2,1-5H3,(H-,61,64,65,66)/b29-28-,53-51+. The molecule has 8 nitrogen and oxygen atoms in total. The van der Waals surface area contributed by atoms with Crippen molar-refractivity contribution in [3.05, 3.63) is 24.3 Å². The highest BCUT2D eigenvalue weighted by Gasteiger charge is 2.23. The fourth-order valence-electron chi connectivity index (χ4n) is 9.15. The van der Waals surface area contributed by atoms with Gasteiger partial charge >= 0.3 is 0 Å². The van der Waals surface area contributed by atoms with Gasteiger partial charge in [0, 0.05) is 6.42 Å². The molecule has 1 amide bonds. The average molecular weight is 996 g/mol. The van der Waals surface area contributed by atoms with Crippen molar-refractivity contribution >= 4 is 13.7 Å². The molecular weight excluding hydrogens is 876 g/mol. The summed E-state index contributed by atoms with van der Waals surface area (Å²) in [4.78, 5) is 25.5. The maximum Gasteiger partial charge on any atom is 0.268 e. The van der Waals surface area contributed by atoms with Gasteiger partial charge in [-0.05, 0) is 44.9 Å². The molecule has 410 valence electrons. The van der Waals surface area contributed by atoms with E-state index in [0.717, 1.165) is 38.5 Å². The van der Waals surface area contributed by atoms with E-state index in [4.69, 9.17) is 9.05 Å². The van der Waals surface area contributed by atoms with E-state index in [1.807, 2.05) is 27.2 Å². The summed E-state index contributed by atoms with van der Waals surface area (Å²) in [6.07, 6.45) is 65.5. The number of amides is 1. The molecule has 0 saturated carbocycles. The molecule has 0 aromatic rings. The zero-order chi connectivity index (χ0) is 50.6. The summed E-state index contributed by atoms with van der Waals surface area (Å²) in [5, 5.41) is 13.9. The molecule has 0 aromatic carbocycles. The number of likely N-dealkylation sites (N-methyl/N-ethyl adjacent to an activating group) is 1. The number of rotatable bonds is 56. The van der Waals surface area contributed by atoms with Gasteiger partial charge in [-0.1, -0.05) is 276 Å². The van der Waals surface area contributed by atoms with Crippen molar-refractivity contribution in [1.82, 2.24) is 5.32 Å². The number of carbonyl (C=O) groups excluding carboxylic acids is 1. The molecule has 3 unspecified atom stereocenters. The number of aliphatic hydroxyl groups excluding tert-OH is 1. The molecule has 69 heavy (non-hydrogen) atoms. The fraction of sp³-hybridized carbons (Fsp3) is 0.917. The lowest BCUT2D eigenvalue weighted by Crippen LogP contribution is -2.45. The van der Waals surface area contributed by atoms with Crippen molar-refractivity contribution < 1.29 is 32.9 Å². The first kappa shape index (κ1) is 68.0. The minimum Gasteiger partial charge on any atom is -0.756 e. The molecule has 9 heteroatoms. The van der Waals surface area contributed by atoms with E-state index in [-0.39, 0.29) is 19.1 Å². The number of hydrogen-bond donors (Lipinski definition) is 2. The molecule has 0 rings (SSSR count). The number of unbranched alkanes of at least 4 members (excludes halogenated alkanes) is 41. The Morgan fingerprint density at radius 2 is 0.797 bits per heavy atom. The smallest absolute Gasteiger partial charge is 0.268 e. The van der Waals surface area contributed by atoms with Crippen LogP contribution in [-0.4, -0.2) is 68.5 Å². The lowest BCUT2D eigenvalue weighted by Gasteiger charge is -2.29. The van der Waals surface area contributed by atoms with Gasteiger partial charge in [-0.15, -0.1) is 0 Å². The van der Waals surface area contributed by atoms with E-state index < -0.39 is 20.0 Å². The van der Waals surface area contributed by atoms with E-state index in [9.17, 15) is 19.4 Å². The highest BCUT2D eigenvalue weighted by molar-refractivity contribution is 7.45. The minimum atomic E-state index is -4.59. The predicted octanol–water partition coefficient (Wildman–Crippen LogP) is 17.7. The molecule has 0 aliphatic rings. The third-order valence-electron chi connectivity index (χ3n) is 13.9. The van der Waals surface area contributed by atoms with Gasteiger partial charge in [0.05, 0.1) is 39.9 Å². The molecule has 0 spiro atoms. The predicted molar refractivity (Wildman–Crippen MR) is 298 cm³/mol. The van der Waals surface area contributed by atoms with Crippen LogP contribution < -0.4 is 10.2 Å². The highest BCUT2D eigenvalue weighted by Crippen LogP contribution is 2.38. The number of phosphoric ester groups is 1. The summed E-state index contributed by atoms with van der Waals surface area (Å²) >= 11 is 0. The average Bonchev–Trinajstić information content (AvgIpc) is 3.31. The van der Waals surface area contributed by atoms with Gasteiger partial charge in [0.15, 0.2) is 0 Å². The number of nitrogens with one attached hydrogen (secondary N) is 1. The highest BCUT2D eigenvalue weighted by atomic mass is 31.2. The van der Waals surface area contributed by atoms with Crippen molar-refractivity contribution in [3.8, 4) is 0 Å². The van der Waals surface area contributed by atoms with Crippen LogP contribution in [0.3, 0.4) is 0 Å². The summed E-state index contributed by atoms with van der Waals surface area (Å²) in [5.74, 6) is -0.192. The van der Waals surface area contributed by atoms with Gasteiger partial charge in [0.2, 0.25) is 5.91 Å². The van der Waals surface area contributed by atoms with Crippen molar-refractivity contribution in [2.45, 2.75) is 315 Å². The van der Waals surface area contributed by atoms with E-state index >= 15 is 0 Å². The lowest BCUT2D eigenvalue weighted by atomic mass is 10.0. The number of quaternary nitrogens is 1. The molecule has 0 aromatic heterocycles. The Labute approximate surface area is 430 Å². The maximum atomic E-state index is 13.0. The Bertz CT molecular complexity index is 1170. The van der Waals surface area contributed by atoms with Gasteiger partial charge < -0.3 is 28.8 Å².